The summed E-state index contributed by atoms with van der Waals surface area (Å²) in [6.45, 7) is 2.29. The lowest BCUT2D eigenvalue weighted by Crippen LogP contribution is -2.14. The number of pyridine rings is 1. The molecule has 1 atom stereocenters. The van der Waals surface area contributed by atoms with Crippen LogP contribution in [0.3, 0.4) is 0 Å². The summed E-state index contributed by atoms with van der Waals surface area (Å²) < 4.78 is 1.48. The number of nitrogens with zero attached hydrogens (tertiary/aromatic N) is 2. The molecule has 0 radical (unpaired) electrons. The van der Waals surface area contributed by atoms with Crippen molar-refractivity contribution in [2.24, 2.45) is 5.92 Å². The molecule has 23 heavy (non-hydrogen) atoms. The van der Waals surface area contributed by atoms with Crippen molar-refractivity contribution in [1.29, 1.82) is 0 Å². The first-order chi connectivity index (χ1) is 11.1. The second-order valence-electron chi connectivity index (χ2n) is 6.38. The summed E-state index contributed by atoms with van der Waals surface area (Å²) in [5.41, 5.74) is 4.59. The SMILES string of the molecule is CC1CCc2[nH]cc3c(=O)n(-c4ccc(Cl)cc4)nc-3c2CC1. The average molecular weight is 328 g/mol. The summed E-state index contributed by atoms with van der Waals surface area (Å²) in [6, 6.07) is 7.19. The van der Waals surface area contributed by atoms with Crippen LogP contribution in [0.2, 0.25) is 5.02 Å². The van der Waals surface area contributed by atoms with E-state index in [1.54, 1.807) is 12.1 Å². The van der Waals surface area contributed by atoms with Gasteiger partial charge in [-0.15, -0.1) is 0 Å². The molecular weight excluding hydrogens is 310 g/mol. The molecule has 2 heterocycles. The molecule has 1 N–H and O–H groups in total. The van der Waals surface area contributed by atoms with Crippen LogP contribution in [0.1, 0.15) is 31.0 Å². The monoisotopic (exact) mass is 327 g/mol. The normalized spacial score (nSPS) is 17.9. The van der Waals surface area contributed by atoms with Gasteiger partial charge in [0.25, 0.3) is 5.56 Å². The number of benzene rings is 1. The standard InChI is InChI=1S/C18H18ClN3O/c1-11-2-8-14-16(9-3-11)20-10-15-17(14)21-22(18(15)23)13-6-4-12(19)5-7-13/h4-7,10-11,20H,2-3,8-9H2,1H3. The van der Waals surface area contributed by atoms with E-state index in [0.717, 1.165) is 30.6 Å². The Hall–Kier alpha value is -2.07. The fourth-order valence-electron chi connectivity index (χ4n) is 3.33. The van der Waals surface area contributed by atoms with Gasteiger partial charge in [-0.05, 0) is 61.4 Å². The number of aryl methyl sites for hydroxylation is 1. The number of aromatic nitrogens is 3. The molecule has 0 aromatic heterocycles. The van der Waals surface area contributed by atoms with Gasteiger partial charge in [0, 0.05) is 16.9 Å². The van der Waals surface area contributed by atoms with Crippen molar-refractivity contribution in [1.82, 2.24) is 14.8 Å². The van der Waals surface area contributed by atoms with Crippen molar-refractivity contribution >= 4 is 11.6 Å². The van der Waals surface area contributed by atoms with Gasteiger partial charge in [0.1, 0.15) is 5.69 Å². The number of hydrogen-bond donors (Lipinski definition) is 1. The molecule has 0 spiro atoms. The van der Waals surface area contributed by atoms with E-state index in [1.807, 2.05) is 18.3 Å². The van der Waals surface area contributed by atoms with Crippen LogP contribution in [-0.4, -0.2) is 14.8 Å². The van der Waals surface area contributed by atoms with Gasteiger partial charge in [-0.3, -0.25) is 4.79 Å². The van der Waals surface area contributed by atoms with Gasteiger partial charge in [0.15, 0.2) is 0 Å². The van der Waals surface area contributed by atoms with Gasteiger partial charge >= 0.3 is 0 Å². The van der Waals surface area contributed by atoms with Gasteiger partial charge in [-0.25, -0.2) is 0 Å². The number of fused-ring (bicyclic) bond motifs is 3. The van der Waals surface area contributed by atoms with E-state index in [0.29, 0.717) is 16.5 Å². The fourth-order valence-corrected chi connectivity index (χ4v) is 3.46. The van der Waals surface area contributed by atoms with Crippen LogP contribution in [0, 0.1) is 5.92 Å². The third-order valence-electron chi connectivity index (χ3n) is 4.76. The van der Waals surface area contributed by atoms with Crippen LogP contribution in [0.5, 0.6) is 0 Å². The summed E-state index contributed by atoms with van der Waals surface area (Å²) in [5.74, 6) is 0.705. The Morgan fingerprint density at radius 1 is 1.22 bits per heavy atom. The largest absolute Gasteiger partial charge is 0.364 e. The molecule has 118 valence electrons. The smallest absolute Gasteiger partial charge is 0.282 e. The summed E-state index contributed by atoms with van der Waals surface area (Å²) in [5, 5.41) is 5.28. The predicted molar refractivity (Wildman–Crippen MR) is 91.6 cm³/mol. The summed E-state index contributed by atoms with van der Waals surface area (Å²) in [4.78, 5) is 16.0. The lowest BCUT2D eigenvalue weighted by atomic mass is 10.0. The molecule has 0 bridgehead atoms. The zero-order valence-electron chi connectivity index (χ0n) is 13.0. The van der Waals surface area contributed by atoms with Crippen molar-refractivity contribution in [3.8, 4) is 16.9 Å². The Bertz CT molecular complexity index is 878. The first-order valence-electron chi connectivity index (χ1n) is 8.01. The van der Waals surface area contributed by atoms with E-state index in [-0.39, 0.29) is 5.56 Å². The molecule has 1 aliphatic carbocycles. The first-order valence-corrected chi connectivity index (χ1v) is 8.39. The maximum Gasteiger partial charge on any atom is 0.282 e. The molecule has 1 aromatic rings. The highest BCUT2D eigenvalue weighted by atomic mass is 35.5. The quantitative estimate of drug-likeness (QED) is 0.690. The van der Waals surface area contributed by atoms with Gasteiger partial charge in [0.05, 0.1) is 11.3 Å². The second kappa shape index (κ2) is 5.53. The van der Waals surface area contributed by atoms with Crippen molar-refractivity contribution in [2.45, 2.75) is 32.6 Å². The zero-order chi connectivity index (χ0) is 16.0. The van der Waals surface area contributed by atoms with E-state index in [1.165, 1.54) is 22.4 Å². The number of aromatic amines is 1. The lowest BCUT2D eigenvalue weighted by Gasteiger charge is -2.08. The Balaban J connectivity index is 1.89. The molecule has 1 aromatic carbocycles. The van der Waals surface area contributed by atoms with E-state index >= 15 is 0 Å². The summed E-state index contributed by atoms with van der Waals surface area (Å²) in [7, 11) is 0. The number of hydrogen-bond acceptors (Lipinski definition) is 2. The van der Waals surface area contributed by atoms with Gasteiger partial charge in [-0.2, -0.15) is 9.78 Å². The van der Waals surface area contributed by atoms with Crippen LogP contribution >= 0.6 is 11.6 Å². The molecule has 0 saturated heterocycles. The highest BCUT2D eigenvalue weighted by Crippen LogP contribution is 2.30. The highest BCUT2D eigenvalue weighted by Gasteiger charge is 2.24. The first kappa shape index (κ1) is 14.5. The average Bonchev–Trinajstić information content (AvgIpc) is 2.76. The maximum atomic E-state index is 12.7. The molecule has 4 nitrogen and oxygen atoms in total. The van der Waals surface area contributed by atoms with E-state index in [9.17, 15) is 4.79 Å². The Morgan fingerprint density at radius 2 is 1.96 bits per heavy atom. The molecule has 1 unspecified atom stereocenters. The number of H-pyrrole nitrogens is 1. The minimum atomic E-state index is -0.0846. The van der Waals surface area contributed by atoms with Gasteiger partial charge in [-0.1, -0.05) is 18.5 Å². The molecule has 3 aliphatic rings. The molecule has 0 amide bonds. The van der Waals surface area contributed by atoms with Gasteiger partial charge < -0.3 is 4.98 Å². The summed E-state index contributed by atoms with van der Waals surface area (Å²) >= 11 is 5.93. The van der Waals surface area contributed by atoms with Crippen molar-refractivity contribution in [2.75, 3.05) is 0 Å². The zero-order valence-corrected chi connectivity index (χ0v) is 13.7. The summed E-state index contributed by atoms with van der Waals surface area (Å²) in [6.07, 6.45) is 6.13. The van der Waals surface area contributed by atoms with E-state index in [4.69, 9.17) is 11.6 Å². The Labute approximate surface area is 139 Å². The number of halogens is 1. The van der Waals surface area contributed by atoms with E-state index < -0.39 is 0 Å². The lowest BCUT2D eigenvalue weighted by molar-refractivity contribution is 0.509. The van der Waals surface area contributed by atoms with Crippen LogP contribution in [0.15, 0.2) is 35.3 Å². The molecule has 5 heteroatoms. The molecule has 0 fully saturated rings. The second-order valence-corrected chi connectivity index (χ2v) is 6.82. The molecule has 0 saturated carbocycles. The number of rotatable bonds is 1. The third kappa shape index (κ3) is 2.47. The Kier molecular flexibility index (Phi) is 3.49. The maximum absolute atomic E-state index is 12.7. The predicted octanol–water partition coefficient (Wildman–Crippen LogP) is 3.83. The fraction of sp³-hybridized carbons (Fsp3) is 0.333. The van der Waals surface area contributed by atoms with Crippen LogP contribution < -0.4 is 5.56 Å². The van der Waals surface area contributed by atoms with Crippen LogP contribution in [0.25, 0.3) is 16.9 Å². The van der Waals surface area contributed by atoms with Crippen molar-refractivity contribution in [3.05, 3.63) is 57.1 Å². The topological polar surface area (TPSA) is 50.7 Å². The van der Waals surface area contributed by atoms with Gasteiger partial charge in [0.2, 0.25) is 0 Å². The minimum absolute atomic E-state index is 0.0846. The van der Waals surface area contributed by atoms with Crippen molar-refractivity contribution in [3.63, 3.8) is 0 Å². The van der Waals surface area contributed by atoms with Crippen molar-refractivity contribution < 1.29 is 0 Å². The molecule has 4 rings (SSSR count). The third-order valence-corrected chi connectivity index (χ3v) is 5.02. The molecule has 2 aliphatic heterocycles. The van der Waals surface area contributed by atoms with Crippen LogP contribution in [0.4, 0.5) is 0 Å². The highest BCUT2D eigenvalue weighted by molar-refractivity contribution is 6.30. The van der Waals surface area contributed by atoms with E-state index in [2.05, 4.69) is 17.0 Å². The number of nitrogens with one attached hydrogen (secondary N) is 1. The van der Waals surface area contributed by atoms with Crippen LogP contribution in [-0.2, 0) is 12.8 Å². The minimum Gasteiger partial charge on any atom is -0.364 e. The Morgan fingerprint density at radius 3 is 2.74 bits per heavy atom. The molecular formula is C18H18ClN3O.